The van der Waals surface area contributed by atoms with Crippen LogP contribution in [0.15, 0.2) is 35.2 Å². The molecule has 0 spiro atoms. The number of hydrogen-bond acceptors (Lipinski definition) is 5. The molecule has 0 saturated heterocycles. The molecule has 0 aromatic carbocycles. The van der Waals surface area contributed by atoms with E-state index in [1.165, 1.54) is 11.2 Å². The topological polar surface area (TPSA) is 77.0 Å². The SMILES string of the molecule is [B]C([B])c1nn(C)cc1N(C)C(=O)c1coc(-c2cccnc2C)n1. The highest BCUT2D eigenvalue weighted by molar-refractivity contribution is 6.36. The number of aryl methyl sites for hydroxylation is 2. The van der Waals surface area contributed by atoms with Crippen LogP contribution in [-0.2, 0) is 7.05 Å². The third-order valence-corrected chi connectivity index (χ3v) is 3.78. The standard InChI is InChI=1S/C16H15B2N5O2/c1-9-10(5-4-6-19-9)15-20-11(8-25-15)16(24)23(3)12-7-22(2)21-13(12)14(17)18/h4-8,14H,1-3H3. The first-order chi connectivity index (χ1) is 11.9. The smallest absolute Gasteiger partial charge is 0.280 e. The summed E-state index contributed by atoms with van der Waals surface area (Å²) < 4.78 is 7.00. The van der Waals surface area contributed by atoms with Crippen LogP contribution in [0.4, 0.5) is 5.69 Å². The van der Waals surface area contributed by atoms with Gasteiger partial charge in [-0.1, -0.05) is 5.72 Å². The summed E-state index contributed by atoms with van der Waals surface area (Å²) >= 11 is 0. The van der Waals surface area contributed by atoms with Gasteiger partial charge in [0.25, 0.3) is 5.91 Å². The Morgan fingerprint density at radius 3 is 2.84 bits per heavy atom. The van der Waals surface area contributed by atoms with Crippen molar-refractivity contribution in [2.24, 2.45) is 7.05 Å². The van der Waals surface area contributed by atoms with Crippen molar-refractivity contribution in [2.45, 2.75) is 12.6 Å². The molecule has 25 heavy (non-hydrogen) atoms. The zero-order valence-corrected chi connectivity index (χ0v) is 14.2. The number of oxazole rings is 1. The lowest BCUT2D eigenvalue weighted by atomic mass is 9.68. The number of pyridine rings is 1. The van der Waals surface area contributed by atoms with Crippen molar-refractivity contribution in [3.05, 3.63) is 47.9 Å². The first-order valence-electron chi connectivity index (χ1n) is 7.58. The zero-order valence-electron chi connectivity index (χ0n) is 14.2. The van der Waals surface area contributed by atoms with Crippen LogP contribution in [0.1, 0.15) is 27.6 Å². The van der Waals surface area contributed by atoms with E-state index in [-0.39, 0.29) is 11.6 Å². The maximum atomic E-state index is 12.7. The molecule has 1 amide bonds. The highest BCUT2D eigenvalue weighted by Crippen LogP contribution is 2.25. The van der Waals surface area contributed by atoms with Crippen molar-refractivity contribution in [1.29, 1.82) is 0 Å². The van der Waals surface area contributed by atoms with Crippen molar-refractivity contribution >= 4 is 27.3 Å². The van der Waals surface area contributed by atoms with Crippen molar-refractivity contribution in [3.8, 4) is 11.5 Å². The predicted molar refractivity (Wildman–Crippen MR) is 94.7 cm³/mol. The van der Waals surface area contributed by atoms with E-state index in [2.05, 4.69) is 15.1 Å². The minimum atomic E-state index is -0.794. The summed E-state index contributed by atoms with van der Waals surface area (Å²) in [6, 6.07) is 3.61. The Labute approximate surface area is 147 Å². The monoisotopic (exact) mass is 331 g/mol. The average molecular weight is 331 g/mol. The van der Waals surface area contributed by atoms with Crippen LogP contribution in [0.25, 0.3) is 11.5 Å². The molecule has 3 aromatic rings. The number of nitrogens with zero attached hydrogens (tertiary/aromatic N) is 5. The molecular weight excluding hydrogens is 316 g/mol. The third-order valence-electron chi connectivity index (χ3n) is 3.78. The third kappa shape index (κ3) is 3.22. The number of anilines is 1. The summed E-state index contributed by atoms with van der Waals surface area (Å²) in [5.74, 6) is -0.0178. The Hall–Kier alpha value is -2.83. The normalized spacial score (nSPS) is 11.0. The van der Waals surface area contributed by atoms with Gasteiger partial charge in [0.05, 0.1) is 32.6 Å². The van der Waals surface area contributed by atoms with Crippen LogP contribution < -0.4 is 4.90 Å². The lowest BCUT2D eigenvalue weighted by Gasteiger charge is -2.16. The molecule has 0 atom stereocenters. The second-order valence-corrected chi connectivity index (χ2v) is 5.64. The fourth-order valence-electron chi connectivity index (χ4n) is 2.48. The Morgan fingerprint density at radius 1 is 1.40 bits per heavy atom. The molecule has 4 radical (unpaired) electrons. The van der Waals surface area contributed by atoms with Gasteiger partial charge in [-0.2, -0.15) is 5.10 Å². The minimum Gasteiger partial charge on any atom is -0.444 e. The Morgan fingerprint density at radius 2 is 2.16 bits per heavy atom. The van der Waals surface area contributed by atoms with E-state index in [0.29, 0.717) is 17.3 Å². The van der Waals surface area contributed by atoms with Crippen molar-refractivity contribution < 1.29 is 9.21 Å². The number of amides is 1. The maximum Gasteiger partial charge on any atom is 0.280 e. The molecule has 122 valence electrons. The first-order valence-corrected chi connectivity index (χ1v) is 7.58. The van der Waals surface area contributed by atoms with Gasteiger partial charge >= 0.3 is 0 Å². The molecule has 0 fully saturated rings. The van der Waals surface area contributed by atoms with Gasteiger partial charge in [-0.05, 0) is 19.1 Å². The van der Waals surface area contributed by atoms with Gasteiger partial charge in [0, 0.05) is 32.2 Å². The van der Waals surface area contributed by atoms with Crippen LogP contribution in [0.5, 0.6) is 0 Å². The zero-order chi connectivity index (χ0) is 18.1. The van der Waals surface area contributed by atoms with Crippen LogP contribution in [0, 0.1) is 6.92 Å². The lowest BCUT2D eigenvalue weighted by Crippen LogP contribution is -2.27. The van der Waals surface area contributed by atoms with E-state index < -0.39 is 5.72 Å². The first kappa shape index (κ1) is 17.0. The second-order valence-electron chi connectivity index (χ2n) is 5.64. The molecule has 3 aromatic heterocycles. The van der Waals surface area contributed by atoms with E-state index in [4.69, 9.17) is 20.1 Å². The molecule has 0 bridgehead atoms. The number of carbonyl (C=O) groups is 1. The average Bonchev–Trinajstić information content (AvgIpc) is 3.21. The largest absolute Gasteiger partial charge is 0.444 e. The molecule has 3 rings (SSSR count). The van der Waals surface area contributed by atoms with Gasteiger partial charge < -0.3 is 9.32 Å². The summed E-state index contributed by atoms with van der Waals surface area (Å²) in [7, 11) is 14.8. The second kappa shape index (κ2) is 6.58. The molecule has 0 aliphatic carbocycles. The Balaban J connectivity index is 1.91. The fourth-order valence-corrected chi connectivity index (χ4v) is 2.48. The maximum absolute atomic E-state index is 12.7. The predicted octanol–water partition coefficient (Wildman–Crippen LogP) is 1.39. The number of hydrogen-bond donors (Lipinski definition) is 0. The van der Waals surface area contributed by atoms with E-state index in [9.17, 15) is 4.79 Å². The van der Waals surface area contributed by atoms with E-state index in [1.807, 2.05) is 13.0 Å². The van der Waals surface area contributed by atoms with Crippen LogP contribution >= 0.6 is 0 Å². The Kier molecular flexibility index (Phi) is 4.48. The van der Waals surface area contributed by atoms with E-state index in [1.54, 1.807) is 37.2 Å². The minimum absolute atomic E-state index is 0.168. The molecule has 0 aliphatic heterocycles. The number of rotatable bonds is 4. The van der Waals surface area contributed by atoms with Crippen LogP contribution in [0.2, 0.25) is 0 Å². The van der Waals surface area contributed by atoms with Gasteiger partial charge in [-0.3, -0.25) is 14.5 Å². The highest BCUT2D eigenvalue weighted by Gasteiger charge is 2.23. The summed E-state index contributed by atoms with van der Waals surface area (Å²) in [4.78, 5) is 22.6. The highest BCUT2D eigenvalue weighted by atomic mass is 16.3. The van der Waals surface area contributed by atoms with Gasteiger partial charge in [0.1, 0.15) is 6.26 Å². The quantitative estimate of drug-likeness (QED) is 0.675. The molecule has 0 unspecified atom stereocenters. The van der Waals surface area contributed by atoms with Gasteiger partial charge in [0.2, 0.25) is 5.89 Å². The summed E-state index contributed by atoms with van der Waals surface area (Å²) in [5, 5.41) is 4.19. The van der Waals surface area contributed by atoms with Crippen molar-refractivity contribution in [2.75, 3.05) is 11.9 Å². The van der Waals surface area contributed by atoms with Crippen molar-refractivity contribution in [3.63, 3.8) is 0 Å². The summed E-state index contributed by atoms with van der Waals surface area (Å²) in [6.07, 6.45) is 4.67. The molecule has 9 heteroatoms. The van der Waals surface area contributed by atoms with E-state index in [0.717, 1.165) is 11.3 Å². The fraction of sp³-hybridized carbons (Fsp3) is 0.250. The molecular formula is C16H15B2N5O2. The number of carbonyl (C=O) groups excluding carboxylic acids is 1. The molecule has 0 aliphatic rings. The lowest BCUT2D eigenvalue weighted by molar-refractivity contribution is 0.0988. The molecule has 3 heterocycles. The van der Waals surface area contributed by atoms with Gasteiger partial charge in [-0.25, -0.2) is 4.98 Å². The summed E-state index contributed by atoms with van der Waals surface area (Å²) in [5.41, 5.74) is 1.81. The van der Waals surface area contributed by atoms with Crippen molar-refractivity contribution in [1.82, 2.24) is 19.7 Å². The number of aromatic nitrogens is 4. The van der Waals surface area contributed by atoms with Crippen LogP contribution in [0.3, 0.4) is 0 Å². The van der Waals surface area contributed by atoms with E-state index >= 15 is 0 Å². The molecule has 0 saturated carbocycles. The summed E-state index contributed by atoms with van der Waals surface area (Å²) in [6.45, 7) is 1.84. The van der Waals surface area contributed by atoms with Crippen LogP contribution in [-0.4, -0.2) is 48.4 Å². The van der Waals surface area contributed by atoms with Gasteiger partial charge in [-0.15, -0.1) is 0 Å². The molecule has 0 N–H and O–H groups in total. The Bertz CT molecular complexity index is 919. The molecule has 7 nitrogen and oxygen atoms in total. The van der Waals surface area contributed by atoms with Gasteiger partial charge in [0.15, 0.2) is 5.69 Å².